The van der Waals surface area contributed by atoms with E-state index in [1.165, 1.54) is 0 Å². The maximum absolute atomic E-state index is 8.63. The number of nitrogen functional groups attached to an aromatic ring is 1. The van der Waals surface area contributed by atoms with E-state index in [-0.39, 0.29) is 12.2 Å². The maximum atomic E-state index is 8.63. The van der Waals surface area contributed by atoms with Crippen LogP contribution in [0, 0.1) is 5.41 Å². The first kappa shape index (κ1) is 18.2. The van der Waals surface area contributed by atoms with E-state index in [0.717, 1.165) is 30.9 Å². The Morgan fingerprint density at radius 1 is 1.31 bits per heavy atom. The summed E-state index contributed by atoms with van der Waals surface area (Å²) < 4.78 is 11.2. The third kappa shape index (κ3) is 3.96. The molecule has 0 unspecified atom stereocenters. The third-order valence-corrected chi connectivity index (χ3v) is 4.50. The maximum Gasteiger partial charge on any atom is 0.129 e. The SMILES string of the molecule is CO[C@H]1CCN(c2cc(C(=N)c3cc(OC(C)C)ccc3N)ccn2)C1. The monoisotopic (exact) mass is 354 g/mol. The van der Waals surface area contributed by atoms with Gasteiger partial charge in [-0.15, -0.1) is 0 Å². The van der Waals surface area contributed by atoms with Crippen LogP contribution in [0.1, 0.15) is 31.4 Å². The molecule has 0 radical (unpaired) electrons. The van der Waals surface area contributed by atoms with Gasteiger partial charge in [0.2, 0.25) is 0 Å². The summed E-state index contributed by atoms with van der Waals surface area (Å²) in [6.45, 7) is 5.67. The Morgan fingerprint density at radius 2 is 2.12 bits per heavy atom. The minimum atomic E-state index is 0.0667. The smallest absolute Gasteiger partial charge is 0.129 e. The highest BCUT2D eigenvalue weighted by molar-refractivity contribution is 6.14. The molecule has 0 amide bonds. The van der Waals surface area contributed by atoms with Crippen molar-refractivity contribution < 1.29 is 9.47 Å². The first-order chi connectivity index (χ1) is 12.5. The van der Waals surface area contributed by atoms with Crippen LogP contribution >= 0.6 is 0 Å². The van der Waals surface area contributed by atoms with Crippen LogP contribution in [0.5, 0.6) is 5.75 Å². The van der Waals surface area contributed by atoms with Crippen molar-refractivity contribution in [1.82, 2.24) is 4.98 Å². The molecule has 138 valence electrons. The largest absolute Gasteiger partial charge is 0.491 e. The molecule has 6 nitrogen and oxygen atoms in total. The minimum Gasteiger partial charge on any atom is -0.491 e. The van der Waals surface area contributed by atoms with Crippen molar-refractivity contribution in [3.63, 3.8) is 0 Å². The minimum absolute atomic E-state index is 0.0667. The number of nitrogens with zero attached hydrogens (tertiary/aromatic N) is 2. The van der Waals surface area contributed by atoms with Crippen molar-refractivity contribution in [2.24, 2.45) is 0 Å². The summed E-state index contributed by atoms with van der Waals surface area (Å²) in [7, 11) is 1.74. The van der Waals surface area contributed by atoms with Gasteiger partial charge in [0, 0.05) is 43.2 Å². The van der Waals surface area contributed by atoms with Crippen molar-refractivity contribution in [2.45, 2.75) is 32.5 Å². The Morgan fingerprint density at radius 3 is 2.81 bits per heavy atom. The van der Waals surface area contributed by atoms with E-state index in [1.807, 2.05) is 38.1 Å². The second-order valence-corrected chi connectivity index (χ2v) is 6.79. The van der Waals surface area contributed by atoms with Crippen molar-refractivity contribution in [2.75, 3.05) is 30.8 Å². The van der Waals surface area contributed by atoms with Crippen LogP contribution in [-0.2, 0) is 4.74 Å². The van der Waals surface area contributed by atoms with Gasteiger partial charge < -0.3 is 20.1 Å². The number of nitrogens with two attached hydrogens (primary N) is 1. The fourth-order valence-electron chi connectivity index (χ4n) is 3.13. The highest BCUT2D eigenvalue weighted by atomic mass is 16.5. The van der Waals surface area contributed by atoms with Crippen molar-refractivity contribution >= 4 is 17.2 Å². The van der Waals surface area contributed by atoms with Gasteiger partial charge in [0.25, 0.3) is 0 Å². The van der Waals surface area contributed by atoms with Crippen LogP contribution in [0.2, 0.25) is 0 Å². The van der Waals surface area contributed by atoms with Gasteiger partial charge in [-0.05, 0) is 50.6 Å². The standard InChI is InChI=1S/C20H26N4O2/c1-13(2)26-15-4-5-18(21)17(11-15)20(22)14-6-8-23-19(10-14)24-9-7-16(12-24)25-3/h4-6,8,10-11,13,16,22H,7,9,12,21H2,1-3H3/t16-/m0/s1. The lowest BCUT2D eigenvalue weighted by molar-refractivity contribution is 0.121. The van der Waals surface area contributed by atoms with E-state index in [1.54, 1.807) is 19.4 Å². The predicted molar refractivity (Wildman–Crippen MR) is 104 cm³/mol. The van der Waals surface area contributed by atoms with E-state index in [2.05, 4.69) is 9.88 Å². The second-order valence-electron chi connectivity index (χ2n) is 6.79. The molecule has 1 atom stereocenters. The van der Waals surface area contributed by atoms with Crippen molar-refractivity contribution in [3.8, 4) is 5.75 Å². The number of benzene rings is 1. The molecule has 1 aromatic carbocycles. The molecule has 0 aliphatic carbocycles. The van der Waals surface area contributed by atoms with E-state index >= 15 is 0 Å². The molecule has 3 N–H and O–H groups in total. The first-order valence-corrected chi connectivity index (χ1v) is 8.87. The molecule has 1 aliphatic heterocycles. The van der Waals surface area contributed by atoms with Crippen LogP contribution in [0.15, 0.2) is 36.5 Å². The molecule has 6 heteroatoms. The molecule has 1 fully saturated rings. The number of aromatic nitrogens is 1. The summed E-state index contributed by atoms with van der Waals surface area (Å²) in [5, 5.41) is 8.63. The number of ether oxygens (including phenoxy) is 2. The van der Waals surface area contributed by atoms with Gasteiger partial charge >= 0.3 is 0 Å². The van der Waals surface area contributed by atoms with Crippen LogP contribution < -0.4 is 15.4 Å². The Labute approximate surface area is 154 Å². The summed E-state index contributed by atoms with van der Waals surface area (Å²) in [6.07, 6.45) is 3.03. The lowest BCUT2D eigenvalue weighted by atomic mass is 10.0. The first-order valence-electron chi connectivity index (χ1n) is 8.87. The molecule has 0 bridgehead atoms. The molecular formula is C20H26N4O2. The average molecular weight is 354 g/mol. The van der Waals surface area contributed by atoms with Gasteiger partial charge in [-0.1, -0.05) is 0 Å². The average Bonchev–Trinajstić information content (AvgIpc) is 3.12. The van der Waals surface area contributed by atoms with Crippen LogP contribution in [0.3, 0.4) is 0 Å². The van der Waals surface area contributed by atoms with Gasteiger partial charge in [0.1, 0.15) is 11.6 Å². The molecular weight excluding hydrogens is 328 g/mol. The number of hydrogen-bond donors (Lipinski definition) is 2. The lowest BCUT2D eigenvalue weighted by Crippen LogP contribution is -2.23. The zero-order valence-corrected chi connectivity index (χ0v) is 15.5. The number of anilines is 2. The highest BCUT2D eigenvalue weighted by Crippen LogP contribution is 2.25. The van der Waals surface area contributed by atoms with Gasteiger partial charge in [-0.2, -0.15) is 0 Å². The Bertz CT molecular complexity index is 791. The molecule has 26 heavy (non-hydrogen) atoms. The Balaban J connectivity index is 1.85. The number of pyridine rings is 1. The summed E-state index contributed by atoms with van der Waals surface area (Å²) in [4.78, 5) is 6.65. The van der Waals surface area contributed by atoms with E-state index in [9.17, 15) is 0 Å². The zero-order valence-electron chi connectivity index (χ0n) is 15.5. The molecule has 2 aromatic rings. The zero-order chi connectivity index (χ0) is 18.7. The quantitative estimate of drug-likeness (QED) is 0.615. The number of rotatable bonds is 6. The van der Waals surface area contributed by atoms with E-state index in [4.69, 9.17) is 20.6 Å². The third-order valence-electron chi connectivity index (χ3n) is 4.50. The second kappa shape index (κ2) is 7.74. The molecule has 3 rings (SSSR count). The van der Waals surface area contributed by atoms with Crippen LogP contribution in [0.25, 0.3) is 0 Å². The summed E-state index contributed by atoms with van der Waals surface area (Å²) in [5.41, 5.74) is 8.49. The van der Waals surface area contributed by atoms with E-state index in [0.29, 0.717) is 22.7 Å². The molecule has 1 aromatic heterocycles. The summed E-state index contributed by atoms with van der Waals surface area (Å²) in [5.74, 6) is 1.57. The Kier molecular flexibility index (Phi) is 5.42. The number of nitrogens with one attached hydrogen (secondary N) is 1. The summed E-state index contributed by atoms with van der Waals surface area (Å²) >= 11 is 0. The molecule has 1 saturated heterocycles. The van der Waals surface area contributed by atoms with Crippen molar-refractivity contribution in [3.05, 3.63) is 47.7 Å². The fourth-order valence-corrected chi connectivity index (χ4v) is 3.13. The predicted octanol–water partition coefficient (Wildman–Crippen LogP) is 3.09. The Hall–Kier alpha value is -2.60. The van der Waals surface area contributed by atoms with E-state index < -0.39 is 0 Å². The summed E-state index contributed by atoms with van der Waals surface area (Å²) in [6, 6.07) is 9.22. The molecule has 2 heterocycles. The highest BCUT2D eigenvalue weighted by Gasteiger charge is 2.23. The van der Waals surface area contributed by atoms with Crippen molar-refractivity contribution in [1.29, 1.82) is 5.41 Å². The molecule has 0 saturated carbocycles. The fraction of sp³-hybridized carbons (Fsp3) is 0.400. The van der Waals surface area contributed by atoms with Crippen LogP contribution in [-0.4, -0.2) is 43.1 Å². The van der Waals surface area contributed by atoms with Gasteiger partial charge in [0.05, 0.1) is 17.9 Å². The number of methoxy groups -OCH3 is 1. The molecule has 0 spiro atoms. The normalized spacial score (nSPS) is 16.9. The molecule has 1 aliphatic rings. The van der Waals surface area contributed by atoms with Gasteiger partial charge in [-0.3, -0.25) is 5.41 Å². The van der Waals surface area contributed by atoms with Gasteiger partial charge in [-0.25, -0.2) is 4.98 Å². The van der Waals surface area contributed by atoms with Crippen LogP contribution in [0.4, 0.5) is 11.5 Å². The number of hydrogen-bond acceptors (Lipinski definition) is 6. The van der Waals surface area contributed by atoms with Gasteiger partial charge in [0.15, 0.2) is 0 Å². The topological polar surface area (TPSA) is 84.5 Å². The lowest BCUT2D eigenvalue weighted by Gasteiger charge is -2.18.